The molecule has 4 N–H and O–H groups in total. The molecule has 0 aliphatic rings. The zero-order chi connectivity index (χ0) is 10.7. The molecule has 5 nitrogen and oxygen atoms in total. The van der Waals surface area contributed by atoms with Gasteiger partial charge in [-0.25, -0.2) is 0 Å². The molecule has 0 saturated heterocycles. The van der Waals surface area contributed by atoms with Crippen LogP contribution in [0.25, 0.3) is 0 Å². The van der Waals surface area contributed by atoms with Crippen molar-refractivity contribution in [1.29, 1.82) is 0 Å². The van der Waals surface area contributed by atoms with Crippen molar-refractivity contribution in [3.8, 4) is 0 Å². The molecule has 0 aliphatic carbocycles. The summed E-state index contributed by atoms with van der Waals surface area (Å²) in [5, 5.41) is 9.03. The lowest BCUT2D eigenvalue weighted by Gasteiger charge is -2.14. The van der Waals surface area contributed by atoms with Gasteiger partial charge in [0.05, 0.1) is 11.9 Å². The zero-order valence-corrected chi connectivity index (χ0v) is 8.66. The molecule has 1 atom stereocenters. The van der Waals surface area contributed by atoms with E-state index >= 15 is 0 Å². The molecule has 1 aromatic rings. The van der Waals surface area contributed by atoms with Crippen molar-refractivity contribution in [1.82, 2.24) is 10.2 Å². The third-order valence-corrected chi connectivity index (χ3v) is 2.33. The van der Waals surface area contributed by atoms with Gasteiger partial charge < -0.3 is 11.1 Å². The summed E-state index contributed by atoms with van der Waals surface area (Å²) in [6, 6.07) is 0. The van der Waals surface area contributed by atoms with Crippen LogP contribution in [0.15, 0.2) is 6.20 Å². The molecular weight excluding hydrogens is 180 g/mol. The van der Waals surface area contributed by atoms with Crippen LogP contribution in [-0.4, -0.2) is 16.1 Å². The summed E-state index contributed by atoms with van der Waals surface area (Å²) in [6.45, 7) is 5.88. The van der Waals surface area contributed by atoms with E-state index in [1.165, 1.54) is 6.20 Å². The van der Waals surface area contributed by atoms with Gasteiger partial charge in [-0.3, -0.25) is 9.89 Å². The predicted octanol–water partition coefficient (Wildman–Crippen LogP) is 1.22. The molecule has 0 radical (unpaired) electrons. The second-order valence-corrected chi connectivity index (χ2v) is 3.72. The number of anilines is 2. The molecule has 0 aliphatic heterocycles. The van der Waals surface area contributed by atoms with Gasteiger partial charge in [-0.05, 0) is 5.92 Å². The van der Waals surface area contributed by atoms with Crippen molar-refractivity contribution in [2.75, 3.05) is 11.1 Å². The van der Waals surface area contributed by atoms with Crippen LogP contribution in [0, 0.1) is 11.8 Å². The minimum absolute atomic E-state index is 0.0438. The summed E-state index contributed by atoms with van der Waals surface area (Å²) >= 11 is 0. The number of carbonyl (C=O) groups excluding carboxylic acids is 1. The van der Waals surface area contributed by atoms with Crippen LogP contribution in [0.2, 0.25) is 0 Å². The zero-order valence-electron chi connectivity index (χ0n) is 8.66. The number of aromatic amines is 1. The molecule has 14 heavy (non-hydrogen) atoms. The molecule has 1 aromatic heterocycles. The number of aromatic nitrogens is 2. The number of amides is 1. The summed E-state index contributed by atoms with van der Waals surface area (Å²) in [4.78, 5) is 11.6. The first-order valence-electron chi connectivity index (χ1n) is 4.62. The Hall–Kier alpha value is -1.52. The standard InChI is InChI=1S/C9H16N4O/c1-5(2)6(3)9(14)12-8-7(10)4-11-13-8/h4-6H,10H2,1-3H3,(H2,11,12,13,14). The highest BCUT2D eigenvalue weighted by Gasteiger charge is 2.17. The Morgan fingerprint density at radius 2 is 2.21 bits per heavy atom. The summed E-state index contributed by atoms with van der Waals surface area (Å²) in [5.41, 5.74) is 6.01. The fourth-order valence-electron chi connectivity index (χ4n) is 0.935. The van der Waals surface area contributed by atoms with Crippen LogP contribution in [-0.2, 0) is 4.79 Å². The minimum atomic E-state index is -0.0454. The molecule has 1 rings (SSSR count). The maximum absolute atomic E-state index is 11.6. The van der Waals surface area contributed by atoms with Crippen molar-refractivity contribution in [3.05, 3.63) is 6.20 Å². The van der Waals surface area contributed by atoms with E-state index in [1.54, 1.807) is 0 Å². The molecule has 78 valence electrons. The monoisotopic (exact) mass is 196 g/mol. The summed E-state index contributed by atoms with van der Waals surface area (Å²) in [7, 11) is 0. The van der Waals surface area contributed by atoms with Crippen molar-refractivity contribution in [2.45, 2.75) is 20.8 Å². The van der Waals surface area contributed by atoms with E-state index in [0.717, 1.165) is 0 Å². The van der Waals surface area contributed by atoms with Crippen molar-refractivity contribution in [2.24, 2.45) is 11.8 Å². The molecule has 0 bridgehead atoms. The number of H-pyrrole nitrogens is 1. The largest absolute Gasteiger partial charge is 0.394 e. The highest BCUT2D eigenvalue weighted by Crippen LogP contribution is 2.16. The van der Waals surface area contributed by atoms with Gasteiger partial charge in [-0.1, -0.05) is 20.8 Å². The van der Waals surface area contributed by atoms with Gasteiger partial charge in [-0.15, -0.1) is 0 Å². The van der Waals surface area contributed by atoms with Gasteiger partial charge in [0.15, 0.2) is 5.82 Å². The van der Waals surface area contributed by atoms with Crippen molar-refractivity contribution in [3.63, 3.8) is 0 Å². The highest BCUT2D eigenvalue weighted by atomic mass is 16.1. The van der Waals surface area contributed by atoms with Crippen molar-refractivity contribution >= 4 is 17.4 Å². The molecule has 0 spiro atoms. The molecule has 0 saturated carbocycles. The van der Waals surface area contributed by atoms with E-state index in [0.29, 0.717) is 17.4 Å². The Morgan fingerprint density at radius 1 is 1.57 bits per heavy atom. The predicted molar refractivity (Wildman–Crippen MR) is 55.6 cm³/mol. The number of carbonyl (C=O) groups is 1. The summed E-state index contributed by atoms with van der Waals surface area (Å²) < 4.78 is 0. The number of hydrogen-bond donors (Lipinski definition) is 3. The summed E-state index contributed by atoms with van der Waals surface area (Å²) in [6.07, 6.45) is 1.47. The minimum Gasteiger partial charge on any atom is -0.394 e. The van der Waals surface area contributed by atoms with Gasteiger partial charge in [0.1, 0.15) is 0 Å². The van der Waals surface area contributed by atoms with E-state index in [2.05, 4.69) is 15.5 Å². The average molecular weight is 196 g/mol. The number of hydrogen-bond acceptors (Lipinski definition) is 3. The number of nitrogens with two attached hydrogens (primary N) is 1. The number of rotatable bonds is 3. The molecule has 1 heterocycles. The third-order valence-electron chi connectivity index (χ3n) is 2.33. The lowest BCUT2D eigenvalue weighted by Crippen LogP contribution is -2.24. The average Bonchev–Trinajstić information content (AvgIpc) is 2.50. The smallest absolute Gasteiger partial charge is 0.228 e. The highest BCUT2D eigenvalue weighted by molar-refractivity contribution is 5.93. The normalized spacial score (nSPS) is 12.9. The van der Waals surface area contributed by atoms with Gasteiger partial charge in [0.25, 0.3) is 0 Å². The SMILES string of the molecule is CC(C)C(C)C(=O)Nc1[nH]ncc1N. The van der Waals surface area contributed by atoms with Crippen LogP contribution < -0.4 is 11.1 Å². The van der Waals surface area contributed by atoms with E-state index in [-0.39, 0.29) is 11.8 Å². The van der Waals surface area contributed by atoms with Gasteiger partial charge in [-0.2, -0.15) is 5.10 Å². The Morgan fingerprint density at radius 3 is 2.64 bits per heavy atom. The molecular formula is C9H16N4O. The van der Waals surface area contributed by atoms with Crippen LogP contribution in [0.1, 0.15) is 20.8 Å². The lowest BCUT2D eigenvalue weighted by atomic mass is 9.97. The van der Waals surface area contributed by atoms with E-state index in [1.807, 2.05) is 20.8 Å². The Kier molecular flexibility index (Phi) is 3.11. The Labute approximate surface area is 83.1 Å². The van der Waals surface area contributed by atoms with Crippen LogP contribution in [0.3, 0.4) is 0 Å². The Bertz CT molecular complexity index is 318. The number of nitrogens with one attached hydrogen (secondary N) is 2. The second kappa shape index (κ2) is 4.13. The third kappa shape index (κ3) is 2.25. The summed E-state index contributed by atoms with van der Waals surface area (Å²) in [5.74, 6) is 0.690. The van der Waals surface area contributed by atoms with Gasteiger partial charge >= 0.3 is 0 Å². The van der Waals surface area contributed by atoms with Gasteiger partial charge in [0, 0.05) is 5.92 Å². The van der Waals surface area contributed by atoms with Crippen molar-refractivity contribution < 1.29 is 4.79 Å². The van der Waals surface area contributed by atoms with Crippen LogP contribution in [0.4, 0.5) is 11.5 Å². The maximum atomic E-state index is 11.6. The first kappa shape index (κ1) is 10.6. The fourth-order valence-corrected chi connectivity index (χ4v) is 0.935. The van der Waals surface area contributed by atoms with E-state index in [4.69, 9.17) is 5.73 Å². The molecule has 5 heteroatoms. The Balaban J connectivity index is 2.62. The second-order valence-electron chi connectivity index (χ2n) is 3.72. The van der Waals surface area contributed by atoms with E-state index < -0.39 is 0 Å². The van der Waals surface area contributed by atoms with Crippen LogP contribution in [0.5, 0.6) is 0 Å². The first-order valence-corrected chi connectivity index (χ1v) is 4.62. The maximum Gasteiger partial charge on any atom is 0.228 e. The fraction of sp³-hybridized carbons (Fsp3) is 0.556. The number of nitrogens with zero attached hydrogens (tertiary/aromatic N) is 1. The first-order chi connectivity index (χ1) is 6.52. The molecule has 1 amide bonds. The molecule has 0 fully saturated rings. The van der Waals surface area contributed by atoms with Crippen LogP contribution >= 0.6 is 0 Å². The quantitative estimate of drug-likeness (QED) is 0.679. The molecule has 1 unspecified atom stereocenters. The number of nitrogen functional groups attached to an aromatic ring is 1. The van der Waals surface area contributed by atoms with Gasteiger partial charge in [0.2, 0.25) is 5.91 Å². The van der Waals surface area contributed by atoms with E-state index in [9.17, 15) is 4.79 Å². The molecule has 0 aromatic carbocycles. The topological polar surface area (TPSA) is 83.8 Å². The lowest BCUT2D eigenvalue weighted by molar-refractivity contribution is -0.120.